The van der Waals surface area contributed by atoms with E-state index in [1.807, 2.05) is 0 Å². The zero-order valence-electron chi connectivity index (χ0n) is 11.0. The molecule has 0 aromatic heterocycles. The molecule has 2 rings (SSSR count). The summed E-state index contributed by atoms with van der Waals surface area (Å²) in [6.07, 6.45) is 11.4. The SMILES string of the molecule is CCC1CCC(C2(O)CCCC2CC)CC1. The first-order valence-corrected chi connectivity index (χ1v) is 7.43. The first-order valence-electron chi connectivity index (χ1n) is 7.43. The summed E-state index contributed by atoms with van der Waals surface area (Å²) in [5.41, 5.74) is -0.284. The van der Waals surface area contributed by atoms with Crippen molar-refractivity contribution in [2.75, 3.05) is 0 Å². The molecule has 94 valence electrons. The lowest BCUT2D eigenvalue weighted by molar-refractivity contribution is -0.0692. The number of rotatable bonds is 3. The summed E-state index contributed by atoms with van der Waals surface area (Å²) < 4.78 is 0. The lowest BCUT2D eigenvalue weighted by Crippen LogP contribution is -2.43. The van der Waals surface area contributed by atoms with Gasteiger partial charge >= 0.3 is 0 Å². The Balaban J connectivity index is 1.97. The Kier molecular flexibility index (Phi) is 3.94. The van der Waals surface area contributed by atoms with Crippen molar-refractivity contribution in [3.8, 4) is 0 Å². The van der Waals surface area contributed by atoms with Gasteiger partial charge in [0.05, 0.1) is 5.60 Å². The summed E-state index contributed by atoms with van der Waals surface area (Å²) in [5.74, 6) is 2.15. The van der Waals surface area contributed by atoms with E-state index in [0.717, 1.165) is 12.3 Å². The molecule has 0 heterocycles. The molecule has 2 aliphatic carbocycles. The summed E-state index contributed by atoms with van der Waals surface area (Å²) in [5, 5.41) is 10.9. The van der Waals surface area contributed by atoms with E-state index in [4.69, 9.17) is 0 Å². The maximum atomic E-state index is 10.9. The molecule has 1 N–H and O–H groups in total. The third kappa shape index (κ3) is 2.16. The van der Waals surface area contributed by atoms with Crippen LogP contribution in [0.4, 0.5) is 0 Å². The van der Waals surface area contributed by atoms with Gasteiger partial charge in [0.1, 0.15) is 0 Å². The van der Waals surface area contributed by atoms with Gasteiger partial charge in [-0.15, -0.1) is 0 Å². The number of hydrogen-bond acceptors (Lipinski definition) is 1. The van der Waals surface area contributed by atoms with E-state index in [0.29, 0.717) is 11.8 Å². The molecule has 2 saturated carbocycles. The molecule has 0 spiro atoms. The van der Waals surface area contributed by atoms with Crippen LogP contribution < -0.4 is 0 Å². The predicted octanol–water partition coefficient (Wildman–Crippen LogP) is 4.14. The van der Waals surface area contributed by atoms with E-state index in [1.165, 1.54) is 51.4 Å². The molecule has 0 amide bonds. The summed E-state index contributed by atoms with van der Waals surface area (Å²) in [6.45, 7) is 4.56. The molecule has 2 unspecified atom stereocenters. The minimum absolute atomic E-state index is 0.284. The lowest BCUT2D eigenvalue weighted by Gasteiger charge is -2.41. The molecule has 1 nitrogen and oxygen atoms in total. The first-order chi connectivity index (χ1) is 7.70. The largest absolute Gasteiger partial charge is 0.389 e. The molecule has 0 saturated heterocycles. The summed E-state index contributed by atoms with van der Waals surface area (Å²) in [7, 11) is 0. The highest BCUT2D eigenvalue weighted by atomic mass is 16.3. The van der Waals surface area contributed by atoms with Crippen molar-refractivity contribution < 1.29 is 5.11 Å². The van der Waals surface area contributed by atoms with Crippen molar-refractivity contribution in [2.45, 2.75) is 77.2 Å². The number of hydrogen-bond donors (Lipinski definition) is 1. The average molecular weight is 224 g/mol. The lowest BCUT2D eigenvalue weighted by atomic mass is 9.68. The van der Waals surface area contributed by atoms with Crippen LogP contribution in [0.1, 0.15) is 71.6 Å². The molecular formula is C15H28O. The first kappa shape index (κ1) is 12.4. The van der Waals surface area contributed by atoms with Crippen molar-refractivity contribution in [1.82, 2.24) is 0 Å². The van der Waals surface area contributed by atoms with Gasteiger partial charge in [0, 0.05) is 0 Å². The van der Waals surface area contributed by atoms with Crippen molar-refractivity contribution in [1.29, 1.82) is 0 Å². The van der Waals surface area contributed by atoms with Gasteiger partial charge in [-0.2, -0.15) is 0 Å². The van der Waals surface area contributed by atoms with Gasteiger partial charge in [0.2, 0.25) is 0 Å². The number of aliphatic hydroxyl groups is 1. The van der Waals surface area contributed by atoms with Crippen LogP contribution in [-0.2, 0) is 0 Å². The van der Waals surface area contributed by atoms with Crippen molar-refractivity contribution in [3.05, 3.63) is 0 Å². The van der Waals surface area contributed by atoms with Crippen LogP contribution in [0.5, 0.6) is 0 Å². The van der Waals surface area contributed by atoms with Gasteiger partial charge in [0.25, 0.3) is 0 Å². The highest BCUT2D eigenvalue weighted by molar-refractivity contribution is 4.98. The van der Waals surface area contributed by atoms with Gasteiger partial charge in [-0.1, -0.05) is 46.0 Å². The quantitative estimate of drug-likeness (QED) is 0.763. The zero-order valence-corrected chi connectivity index (χ0v) is 11.0. The second kappa shape index (κ2) is 5.08. The third-order valence-electron chi connectivity index (χ3n) is 5.46. The Bertz CT molecular complexity index is 217. The van der Waals surface area contributed by atoms with E-state index in [9.17, 15) is 5.11 Å². The predicted molar refractivity (Wildman–Crippen MR) is 68.3 cm³/mol. The van der Waals surface area contributed by atoms with Crippen molar-refractivity contribution in [3.63, 3.8) is 0 Å². The second-order valence-electron chi connectivity index (χ2n) is 6.11. The molecule has 0 aliphatic heterocycles. The second-order valence-corrected chi connectivity index (χ2v) is 6.11. The van der Waals surface area contributed by atoms with E-state index in [-0.39, 0.29) is 5.60 Å². The topological polar surface area (TPSA) is 20.2 Å². The molecule has 16 heavy (non-hydrogen) atoms. The Morgan fingerprint density at radius 1 is 1.00 bits per heavy atom. The van der Waals surface area contributed by atoms with Gasteiger partial charge in [-0.05, 0) is 43.4 Å². The zero-order chi connectivity index (χ0) is 11.6. The van der Waals surface area contributed by atoms with E-state index >= 15 is 0 Å². The fourth-order valence-corrected chi connectivity index (χ4v) is 4.25. The minimum atomic E-state index is -0.284. The maximum absolute atomic E-state index is 10.9. The van der Waals surface area contributed by atoms with Crippen molar-refractivity contribution in [2.24, 2.45) is 17.8 Å². The molecule has 0 aromatic carbocycles. The molecule has 0 radical (unpaired) electrons. The Morgan fingerprint density at radius 3 is 2.25 bits per heavy atom. The fraction of sp³-hybridized carbons (Fsp3) is 1.00. The van der Waals surface area contributed by atoms with Crippen LogP contribution >= 0.6 is 0 Å². The fourth-order valence-electron chi connectivity index (χ4n) is 4.25. The third-order valence-corrected chi connectivity index (χ3v) is 5.46. The Hall–Kier alpha value is -0.0400. The highest BCUT2D eigenvalue weighted by Gasteiger charge is 2.46. The van der Waals surface area contributed by atoms with Crippen LogP contribution in [0.2, 0.25) is 0 Å². The van der Waals surface area contributed by atoms with Gasteiger partial charge in [-0.3, -0.25) is 0 Å². The normalized spacial score (nSPS) is 44.8. The summed E-state index contributed by atoms with van der Waals surface area (Å²) in [6, 6.07) is 0. The molecule has 1 heteroatoms. The van der Waals surface area contributed by atoms with Gasteiger partial charge in [0.15, 0.2) is 0 Å². The Labute approximate surface area is 101 Å². The van der Waals surface area contributed by atoms with Gasteiger partial charge in [-0.25, -0.2) is 0 Å². The molecule has 2 atom stereocenters. The average Bonchev–Trinajstić information content (AvgIpc) is 2.72. The van der Waals surface area contributed by atoms with E-state index < -0.39 is 0 Å². The Morgan fingerprint density at radius 2 is 1.69 bits per heavy atom. The summed E-state index contributed by atoms with van der Waals surface area (Å²) >= 11 is 0. The monoisotopic (exact) mass is 224 g/mol. The molecule has 0 aromatic rings. The van der Waals surface area contributed by atoms with Crippen LogP contribution in [0.25, 0.3) is 0 Å². The molecular weight excluding hydrogens is 196 g/mol. The summed E-state index contributed by atoms with van der Waals surface area (Å²) in [4.78, 5) is 0. The van der Waals surface area contributed by atoms with E-state index in [1.54, 1.807) is 0 Å². The molecule has 2 aliphatic rings. The standard InChI is InChI=1S/C15H28O/c1-3-12-7-9-14(10-8-12)15(16)11-5-6-13(15)4-2/h12-14,16H,3-11H2,1-2H3. The molecule has 2 fully saturated rings. The molecule has 0 bridgehead atoms. The van der Waals surface area contributed by atoms with Gasteiger partial charge < -0.3 is 5.11 Å². The van der Waals surface area contributed by atoms with Crippen LogP contribution in [-0.4, -0.2) is 10.7 Å². The maximum Gasteiger partial charge on any atom is 0.0703 e. The van der Waals surface area contributed by atoms with Crippen molar-refractivity contribution >= 4 is 0 Å². The highest BCUT2D eigenvalue weighted by Crippen LogP contribution is 2.48. The van der Waals surface area contributed by atoms with Crippen LogP contribution in [0, 0.1) is 17.8 Å². The minimum Gasteiger partial charge on any atom is -0.389 e. The smallest absolute Gasteiger partial charge is 0.0703 e. The van der Waals surface area contributed by atoms with E-state index in [2.05, 4.69) is 13.8 Å². The van der Waals surface area contributed by atoms with Crippen LogP contribution in [0.15, 0.2) is 0 Å². The van der Waals surface area contributed by atoms with Crippen LogP contribution in [0.3, 0.4) is 0 Å².